The van der Waals surface area contributed by atoms with Gasteiger partial charge in [0, 0.05) is 13.0 Å². The first-order valence-corrected chi connectivity index (χ1v) is 10.1. The van der Waals surface area contributed by atoms with Crippen molar-refractivity contribution in [2.24, 2.45) is 0 Å². The summed E-state index contributed by atoms with van der Waals surface area (Å²) in [4.78, 5) is 13.8. The number of hydrogen-bond acceptors (Lipinski definition) is 2. The highest BCUT2D eigenvalue weighted by Gasteiger charge is 2.42. The third-order valence-corrected chi connectivity index (χ3v) is 9.08. The summed E-state index contributed by atoms with van der Waals surface area (Å²) in [6.45, 7) is 17.7. The number of carbonyl (C=O) groups is 1. The predicted octanol–water partition coefficient (Wildman–Crippen LogP) is 3.57. The minimum atomic E-state index is -1.77. The van der Waals surface area contributed by atoms with Gasteiger partial charge in [0.1, 0.15) is 0 Å². The first kappa shape index (κ1) is 16.4. The van der Waals surface area contributed by atoms with Crippen LogP contribution in [0.4, 0.5) is 0 Å². The third-order valence-electron chi connectivity index (χ3n) is 4.57. The van der Waals surface area contributed by atoms with Crippen molar-refractivity contribution in [1.82, 2.24) is 4.90 Å². The van der Waals surface area contributed by atoms with Crippen LogP contribution in [0.2, 0.25) is 18.1 Å². The maximum Gasteiger partial charge on any atom is 0.223 e. The minimum absolute atomic E-state index is 0.147. The summed E-state index contributed by atoms with van der Waals surface area (Å²) in [7, 11) is -1.77. The van der Waals surface area contributed by atoms with E-state index in [1.807, 2.05) is 4.90 Å². The van der Waals surface area contributed by atoms with Crippen LogP contribution in [0.5, 0.6) is 0 Å². The molecule has 3 nitrogen and oxygen atoms in total. The van der Waals surface area contributed by atoms with Gasteiger partial charge in [-0.25, -0.2) is 0 Å². The van der Waals surface area contributed by atoms with Crippen molar-refractivity contribution in [3.05, 3.63) is 12.7 Å². The van der Waals surface area contributed by atoms with Crippen molar-refractivity contribution in [1.29, 1.82) is 0 Å². The molecule has 0 radical (unpaired) electrons. The fraction of sp³-hybridized carbons (Fsp3) is 0.800. The Morgan fingerprint density at radius 3 is 2.53 bits per heavy atom. The first-order chi connectivity index (χ1) is 8.60. The molecule has 0 unspecified atom stereocenters. The van der Waals surface area contributed by atoms with Gasteiger partial charge in [0.15, 0.2) is 8.32 Å². The number of amides is 1. The molecule has 4 heteroatoms. The zero-order valence-corrected chi connectivity index (χ0v) is 14.3. The summed E-state index contributed by atoms with van der Waals surface area (Å²) < 4.78 is 6.49. The Hall–Kier alpha value is -0.613. The third kappa shape index (κ3) is 3.69. The molecule has 1 rings (SSSR count). The van der Waals surface area contributed by atoms with Crippen LogP contribution in [0.25, 0.3) is 0 Å². The Balaban J connectivity index is 2.79. The highest BCUT2D eigenvalue weighted by molar-refractivity contribution is 6.74. The number of carbonyl (C=O) groups excluding carboxylic acids is 1. The molecule has 0 N–H and O–H groups in total. The quantitative estimate of drug-likeness (QED) is 0.583. The van der Waals surface area contributed by atoms with Gasteiger partial charge in [0.2, 0.25) is 5.91 Å². The lowest BCUT2D eigenvalue weighted by atomic mass is 10.00. The Labute approximate surface area is 119 Å². The van der Waals surface area contributed by atoms with E-state index in [-0.39, 0.29) is 23.1 Å². The van der Waals surface area contributed by atoms with E-state index < -0.39 is 8.32 Å². The fourth-order valence-corrected chi connectivity index (χ4v) is 3.62. The largest absolute Gasteiger partial charge is 0.412 e. The Bertz CT molecular complexity index is 347. The minimum Gasteiger partial charge on any atom is -0.412 e. The van der Waals surface area contributed by atoms with Gasteiger partial charge in [-0.1, -0.05) is 26.8 Å². The number of nitrogens with zero attached hydrogens (tertiary/aromatic N) is 1. The summed E-state index contributed by atoms with van der Waals surface area (Å²) in [5.41, 5.74) is 0. The van der Waals surface area contributed by atoms with Gasteiger partial charge in [-0.05, 0) is 31.5 Å². The Kier molecular flexibility index (Phi) is 5.01. The monoisotopic (exact) mass is 283 g/mol. The SMILES string of the molecule is C=CCN1C(=O)CC[C@H](O[Si](C)(C)C(C)(C)C)[C@@H]1C. The van der Waals surface area contributed by atoms with Crippen molar-refractivity contribution in [3.8, 4) is 0 Å². The van der Waals surface area contributed by atoms with E-state index in [4.69, 9.17) is 4.43 Å². The average molecular weight is 283 g/mol. The van der Waals surface area contributed by atoms with Crippen LogP contribution in [0.3, 0.4) is 0 Å². The maximum absolute atomic E-state index is 11.9. The van der Waals surface area contributed by atoms with Crippen molar-refractivity contribution in [2.45, 2.75) is 70.8 Å². The van der Waals surface area contributed by atoms with E-state index in [9.17, 15) is 4.79 Å². The van der Waals surface area contributed by atoms with Gasteiger partial charge >= 0.3 is 0 Å². The van der Waals surface area contributed by atoms with Crippen LogP contribution in [0.1, 0.15) is 40.5 Å². The summed E-state index contributed by atoms with van der Waals surface area (Å²) in [6.07, 6.45) is 3.40. The normalized spacial score (nSPS) is 25.6. The summed E-state index contributed by atoms with van der Waals surface area (Å²) >= 11 is 0. The zero-order chi connectivity index (χ0) is 14.8. The van der Waals surface area contributed by atoms with Crippen LogP contribution in [0, 0.1) is 0 Å². The van der Waals surface area contributed by atoms with Crippen LogP contribution in [0.15, 0.2) is 12.7 Å². The van der Waals surface area contributed by atoms with Gasteiger partial charge in [0.05, 0.1) is 12.1 Å². The van der Waals surface area contributed by atoms with Crippen molar-refractivity contribution >= 4 is 14.2 Å². The molecule has 1 aliphatic rings. The highest BCUT2D eigenvalue weighted by atomic mass is 28.4. The number of piperidine rings is 1. The van der Waals surface area contributed by atoms with E-state index in [2.05, 4.69) is 47.4 Å². The van der Waals surface area contributed by atoms with Gasteiger partial charge in [-0.2, -0.15) is 0 Å². The van der Waals surface area contributed by atoms with E-state index in [0.717, 1.165) is 6.42 Å². The second kappa shape index (κ2) is 5.79. The van der Waals surface area contributed by atoms with Crippen molar-refractivity contribution < 1.29 is 9.22 Å². The Morgan fingerprint density at radius 1 is 1.47 bits per heavy atom. The van der Waals surface area contributed by atoms with Gasteiger partial charge in [-0.15, -0.1) is 6.58 Å². The predicted molar refractivity (Wildman–Crippen MR) is 82.7 cm³/mol. The molecular formula is C15H29NO2Si. The molecule has 0 spiro atoms. The lowest BCUT2D eigenvalue weighted by Gasteiger charge is -2.45. The van der Waals surface area contributed by atoms with E-state index in [0.29, 0.717) is 13.0 Å². The Morgan fingerprint density at radius 2 is 2.05 bits per heavy atom. The molecule has 0 aromatic heterocycles. The molecule has 0 aromatic carbocycles. The second-order valence-electron chi connectivity index (χ2n) is 7.03. The van der Waals surface area contributed by atoms with E-state index in [1.165, 1.54) is 0 Å². The van der Waals surface area contributed by atoms with Crippen LogP contribution >= 0.6 is 0 Å². The van der Waals surface area contributed by atoms with E-state index >= 15 is 0 Å². The molecule has 1 amide bonds. The van der Waals surface area contributed by atoms with Crippen LogP contribution in [-0.4, -0.2) is 37.8 Å². The number of rotatable bonds is 4. The summed E-state index contributed by atoms with van der Waals surface area (Å²) in [6, 6.07) is 0.147. The highest BCUT2D eigenvalue weighted by Crippen LogP contribution is 2.39. The van der Waals surface area contributed by atoms with Gasteiger partial charge in [-0.3, -0.25) is 4.79 Å². The smallest absolute Gasteiger partial charge is 0.223 e. The van der Waals surface area contributed by atoms with Crippen LogP contribution < -0.4 is 0 Å². The van der Waals surface area contributed by atoms with Gasteiger partial charge in [0.25, 0.3) is 0 Å². The first-order valence-electron chi connectivity index (χ1n) is 7.18. The maximum atomic E-state index is 11.9. The molecule has 110 valence electrons. The average Bonchev–Trinajstić information content (AvgIpc) is 2.26. The van der Waals surface area contributed by atoms with Crippen molar-refractivity contribution in [2.75, 3.05) is 6.54 Å². The molecule has 1 heterocycles. The molecule has 1 fully saturated rings. The summed E-state index contributed by atoms with van der Waals surface area (Å²) in [5.74, 6) is 0.225. The fourth-order valence-electron chi connectivity index (χ4n) is 2.20. The molecule has 0 saturated carbocycles. The van der Waals surface area contributed by atoms with E-state index in [1.54, 1.807) is 6.08 Å². The lowest BCUT2D eigenvalue weighted by molar-refractivity contribution is -0.139. The van der Waals surface area contributed by atoms with Gasteiger partial charge < -0.3 is 9.33 Å². The number of likely N-dealkylation sites (tertiary alicyclic amines) is 1. The zero-order valence-electron chi connectivity index (χ0n) is 13.3. The molecule has 0 bridgehead atoms. The lowest BCUT2D eigenvalue weighted by Crippen LogP contribution is -2.55. The standard InChI is InChI=1S/C15H29NO2Si/c1-8-11-16-12(2)13(9-10-14(16)17)18-19(6,7)15(3,4)5/h8,12-13H,1,9-11H2,2-7H3/t12-,13-/m0/s1. The topological polar surface area (TPSA) is 29.5 Å². The molecular weight excluding hydrogens is 254 g/mol. The summed E-state index contributed by atoms with van der Waals surface area (Å²) in [5, 5.41) is 0.206. The molecule has 2 atom stereocenters. The molecule has 0 aliphatic carbocycles. The van der Waals surface area contributed by atoms with Crippen LogP contribution in [-0.2, 0) is 9.22 Å². The molecule has 0 aromatic rings. The van der Waals surface area contributed by atoms with Crippen molar-refractivity contribution in [3.63, 3.8) is 0 Å². The molecule has 1 saturated heterocycles. The second-order valence-corrected chi connectivity index (χ2v) is 11.8. The molecule has 19 heavy (non-hydrogen) atoms. The molecule has 1 aliphatic heterocycles. The number of hydrogen-bond donors (Lipinski definition) is 0.